The number of carbonyl (C=O) groups is 1. The normalized spacial score (nSPS) is 10.8. The first-order valence-corrected chi connectivity index (χ1v) is 9.95. The molecule has 7 heteroatoms. The highest BCUT2D eigenvalue weighted by Gasteiger charge is 2.15. The predicted molar refractivity (Wildman–Crippen MR) is 114 cm³/mol. The molecule has 0 unspecified atom stereocenters. The van der Waals surface area contributed by atoms with Crippen LogP contribution in [-0.2, 0) is 17.9 Å². The Hall–Kier alpha value is -3.19. The standard InChI is InChI=1S/C22H19BrN4O2/c1-15-7-9-17(10-8-15)21-25-22(29-26-21)19-6-3-11-27(19)14-20(28)24-13-16-4-2-5-18(23)12-16/h2-12H,13-14H2,1H3,(H,24,28). The van der Waals surface area contributed by atoms with E-state index in [0.717, 1.165) is 15.6 Å². The molecule has 1 amide bonds. The maximum absolute atomic E-state index is 12.4. The zero-order valence-corrected chi connectivity index (χ0v) is 17.4. The molecule has 2 aromatic heterocycles. The lowest BCUT2D eigenvalue weighted by molar-refractivity contribution is -0.121. The second kappa shape index (κ2) is 8.45. The van der Waals surface area contributed by atoms with Gasteiger partial charge in [0.05, 0.1) is 0 Å². The topological polar surface area (TPSA) is 73.0 Å². The minimum Gasteiger partial charge on any atom is -0.350 e. The minimum atomic E-state index is -0.0966. The average molecular weight is 451 g/mol. The van der Waals surface area contributed by atoms with Gasteiger partial charge >= 0.3 is 0 Å². The molecule has 146 valence electrons. The quantitative estimate of drug-likeness (QED) is 0.466. The Morgan fingerprint density at radius 1 is 1.14 bits per heavy atom. The first-order chi connectivity index (χ1) is 14.1. The molecule has 0 radical (unpaired) electrons. The third-order valence-electron chi connectivity index (χ3n) is 4.48. The number of aryl methyl sites for hydroxylation is 1. The number of hydrogen-bond acceptors (Lipinski definition) is 4. The van der Waals surface area contributed by atoms with Crippen LogP contribution in [0.3, 0.4) is 0 Å². The lowest BCUT2D eigenvalue weighted by Gasteiger charge is -2.08. The summed E-state index contributed by atoms with van der Waals surface area (Å²) in [5.41, 5.74) is 3.78. The Morgan fingerprint density at radius 2 is 1.97 bits per heavy atom. The van der Waals surface area contributed by atoms with Gasteiger partial charge in [0.1, 0.15) is 12.2 Å². The average Bonchev–Trinajstić information content (AvgIpc) is 3.36. The summed E-state index contributed by atoms with van der Waals surface area (Å²) in [6, 6.07) is 19.5. The Kier molecular flexibility index (Phi) is 5.57. The van der Waals surface area contributed by atoms with Crippen LogP contribution in [-0.4, -0.2) is 20.6 Å². The van der Waals surface area contributed by atoms with Gasteiger partial charge in [-0.1, -0.05) is 63.0 Å². The number of benzene rings is 2. The molecule has 0 atom stereocenters. The zero-order chi connectivity index (χ0) is 20.2. The first-order valence-electron chi connectivity index (χ1n) is 9.16. The fraction of sp³-hybridized carbons (Fsp3) is 0.136. The maximum Gasteiger partial charge on any atom is 0.274 e. The number of amides is 1. The van der Waals surface area contributed by atoms with Gasteiger partial charge in [-0.15, -0.1) is 0 Å². The van der Waals surface area contributed by atoms with E-state index in [1.54, 1.807) is 4.57 Å². The Labute approximate surface area is 176 Å². The van der Waals surface area contributed by atoms with Crippen LogP contribution in [0.4, 0.5) is 0 Å². The summed E-state index contributed by atoms with van der Waals surface area (Å²) in [7, 11) is 0. The molecule has 0 spiro atoms. The van der Waals surface area contributed by atoms with Gasteiger partial charge in [0, 0.05) is 22.8 Å². The molecule has 0 aliphatic heterocycles. The van der Waals surface area contributed by atoms with Gasteiger partial charge in [0.2, 0.25) is 11.7 Å². The van der Waals surface area contributed by atoms with Gasteiger partial charge < -0.3 is 14.4 Å². The van der Waals surface area contributed by atoms with Crippen molar-refractivity contribution in [2.24, 2.45) is 0 Å². The van der Waals surface area contributed by atoms with Gasteiger partial charge in [-0.05, 0) is 36.8 Å². The van der Waals surface area contributed by atoms with Crippen molar-refractivity contribution >= 4 is 21.8 Å². The van der Waals surface area contributed by atoms with E-state index >= 15 is 0 Å². The molecule has 29 heavy (non-hydrogen) atoms. The van der Waals surface area contributed by atoms with E-state index in [9.17, 15) is 4.79 Å². The molecule has 0 aliphatic rings. The Morgan fingerprint density at radius 3 is 2.76 bits per heavy atom. The molecular formula is C22H19BrN4O2. The monoisotopic (exact) mass is 450 g/mol. The summed E-state index contributed by atoms with van der Waals surface area (Å²) >= 11 is 3.44. The van der Waals surface area contributed by atoms with Crippen LogP contribution >= 0.6 is 15.9 Å². The third kappa shape index (κ3) is 4.63. The summed E-state index contributed by atoms with van der Waals surface area (Å²) in [4.78, 5) is 16.9. The summed E-state index contributed by atoms with van der Waals surface area (Å²) in [6.07, 6.45) is 1.82. The van der Waals surface area contributed by atoms with E-state index in [0.29, 0.717) is 24.0 Å². The highest BCUT2D eigenvalue weighted by Crippen LogP contribution is 2.23. The lowest BCUT2D eigenvalue weighted by Crippen LogP contribution is -2.27. The van der Waals surface area contributed by atoms with Crippen molar-refractivity contribution in [1.82, 2.24) is 20.0 Å². The molecule has 4 rings (SSSR count). The minimum absolute atomic E-state index is 0.0966. The van der Waals surface area contributed by atoms with Crippen molar-refractivity contribution in [1.29, 1.82) is 0 Å². The van der Waals surface area contributed by atoms with Crippen LogP contribution in [0, 0.1) is 6.92 Å². The fourth-order valence-electron chi connectivity index (χ4n) is 2.95. The fourth-order valence-corrected chi connectivity index (χ4v) is 3.40. The van der Waals surface area contributed by atoms with Gasteiger partial charge in [-0.25, -0.2) is 0 Å². The molecule has 0 saturated carbocycles. The summed E-state index contributed by atoms with van der Waals surface area (Å²) in [5, 5.41) is 7.00. The van der Waals surface area contributed by atoms with Gasteiger partial charge in [0.15, 0.2) is 0 Å². The van der Waals surface area contributed by atoms with Gasteiger partial charge in [-0.3, -0.25) is 4.79 Å². The van der Waals surface area contributed by atoms with E-state index in [4.69, 9.17) is 4.52 Å². The molecule has 2 aromatic carbocycles. The number of halogens is 1. The van der Waals surface area contributed by atoms with Crippen LogP contribution in [0.2, 0.25) is 0 Å². The molecule has 1 N–H and O–H groups in total. The van der Waals surface area contributed by atoms with E-state index in [1.165, 1.54) is 5.56 Å². The zero-order valence-electron chi connectivity index (χ0n) is 15.8. The van der Waals surface area contributed by atoms with Crippen molar-refractivity contribution in [3.05, 3.63) is 82.5 Å². The van der Waals surface area contributed by atoms with Crippen molar-refractivity contribution in [2.75, 3.05) is 0 Å². The van der Waals surface area contributed by atoms with Crippen molar-refractivity contribution in [3.8, 4) is 23.0 Å². The van der Waals surface area contributed by atoms with Crippen LogP contribution in [0.25, 0.3) is 23.0 Å². The highest BCUT2D eigenvalue weighted by molar-refractivity contribution is 9.10. The summed E-state index contributed by atoms with van der Waals surface area (Å²) < 4.78 is 8.22. The van der Waals surface area contributed by atoms with E-state index < -0.39 is 0 Å². The van der Waals surface area contributed by atoms with E-state index in [-0.39, 0.29) is 12.5 Å². The molecule has 0 saturated heterocycles. The van der Waals surface area contributed by atoms with Gasteiger partial charge in [0.25, 0.3) is 5.89 Å². The molecular weight excluding hydrogens is 432 g/mol. The number of hydrogen-bond donors (Lipinski definition) is 1. The number of nitrogens with one attached hydrogen (secondary N) is 1. The predicted octanol–water partition coefficient (Wildman–Crippen LogP) is 4.59. The van der Waals surface area contributed by atoms with Crippen LogP contribution in [0.1, 0.15) is 11.1 Å². The summed E-state index contributed by atoms with van der Waals surface area (Å²) in [5.74, 6) is 0.804. The van der Waals surface area contributed by atoms with Crippen LogP contribution in [0.5, 0.6) is 0 Å². The van der Waals surface area contributed by atoms with Crippen LogP contribution in [0.15, 0.2) is 75.9 Å². The molecule has 6 nitrogen and oxygen atoms in total. The van der Waals surface area contributed by atoms with E-state index in [1.807, 2.05) is 73.8 Å². The van der Waals surface area contributed by atoms with Crippen molar-refractivity contribution < 1.29 is 9.32 Å². The highest BCUT2D eigenvalue weighted by atomic mass is 79.9. The van der Waals surface area contributed by atoms with Crippen molar-refractivity contribution in [2.45, 2.75) is 20.0 Å². The number of carbonyl (C=O) groups excluding carboxylic acids is 1. The van der Waals surface area contributed by atoms with Crippen LogP contribution < -0.4 is 5.32 Å². The molecule has 2 heterocycles. The first kappa shape index (κ1) is 19.1. The Balaban J connectivity index is 1.44. The smallest absolute Gasteiger partial charge is 0.274 e. The van der Waals surface area contributed by atoms with Gasteiger partial charge in [-0.2, -0.15) is 4.98 Å². The maximum atomic E-state index is 12.4. The second-order valence-corrected chi connectivity index (χ2v) is 7.63. The third-order valence-corrected chi connectivity index (χ3v) is 4.97. The largest absolute Gasteiger partial charge is 0.350 e. The van der Waals surface area contributed by atoms with E-state index in [2.05, 4.69) is 31.4 Å². The molecule has 0 fully saturated rings. The molecule has 0 aliphatic carbocycles. The Bertz CT molecular complexity index is 1130. The summed E-state index contributed by atoms with van der Waals surface area (Å²) in [6.45, 7) is 2.66. The number of nitrogens with zero attached hydrogens (tertiary/aromatic N) is 3. The lowest BCUT2D eigenvalue weighted by atomic mass is 10.1. The molecule has 4 aromatic rings. The second-order valence-electron chi connectivity index (χ2n) is 6.72. The van der Waals surface area contributed by atoms with Crippen molar-refractivity contribution in [3.63, 3.8) is 0 Å². The number of aromatic nitrogens is 3. The molecule has 0 bridgehead atoms. The SMILES string of the molecule is Cc1ccc(-c2noc(-c3cccn3CC(=O)NCc3cccc(Br)c3)n2)cc1. The number of rotatable bonds is 6.